The lowest BCUT2D eigenvalue weighted by Crippen LogP contribution is -2.37. The van der Waals surface area contributed by atoms with Gasteiger partial charge in [0.25, 0.3) is 0 Å². The third-order valence-corrected chi connectivity index (χ3v) is 2.90. The predicted molar refractivity (Wildman–Crippen MR) is 40.9 cm³/mol. The van der Waals surface area contributed by atoms with Crippen molar-refractivity contribution in [2.24, 2.45) is 5.92 Å². The van der Waals surface area contributed by atoms with E-state index in [1.807, 2.05) is 0 Å². The monoisotopic (exact) mass is 157 g/mol. The molecule has 64 valence electrons. The lowest BCUT2D eigenvalue weighted by atomic mass is 9.84. The summed E-state index contributed by atoms with van der Waals surface area (Å²) in [6.07, 6.45) is 3.20. The van der Waals surface area contributed by atoms with Gasteiger partial charge in [-0.3, -0.25) is 5.32 Å². The SMILES string of the molecule is OC1CCC2CC(O)NC2C1. The van der Waals surface area contributed by atoms with E-state index in [-0.39, 0.29) is 12.3 Å². The molecular weight excluding hydrogens is 142 g/mol. The van der Waals surface area contributed by atoms with Crippen LogP contribution in [0.5, 0.6) is 0 Å². The molecule has 3 nitrogen and oxygen atoms in total. The summed E-state index contributed by atoms with van der Waals surface area (Å²) in [6, 6.07) is 0.369. The predicted octanol–water partition coefficient (Wildman–Crippen LogP) is -0.172. The molecule has 0 spiro atoms. The van der Waals surface area contributed by atoms with Crippen LogP contribution < -0.4 is 5.32 Å². The molecule has 1 saturated heterocycles. The summed E-state index contributed by atoms with van der Waals surface area (Å²) in [5.74, 6) is 0.605. The zero-order chi connectivity index (χ0) is 7.84. The first-order chi connectivity index (χ1) is 5.25. The fraction of sp³-hybridized carbons (Fsp3) is 1.00. The molecule has 0 amide bonds. The third kappa shape index (κ3) is 1.41. The van der Waals surface area contributed by atoms with Crippen molar-refractivity contribution in [2.45, 2.75) is 44.1 Å². The van der Waals surface area contributed by atoms with E-state index in [0.717, 1.165) is 25.7 Å². The van der Waals surface area contributed by atoms with Gasteiger partial charge in [0.15, 0.2) is 0 Å². The second-order valence-electron chi connectivity index (χ2n) is 3.75. The fourth-order valence-electron chi connectivity index (χ4n) is 2.30. The Balaban J connectivity index is 1.97. The first kappa shape index (κ1) is 7.53. The van der Waals surface area contributed by atoms with Crippen LogP contribution in [0.15, 0.2) is 0 Å². The maximum atomic E-state index is 9.32. The molecule has 1 aliphatic carbocycles. The van der Waals surface area contributed by atoms with E-state index in [0.29, 0.717) is 12.0 Å². The van der Waals surface area contributed by atoms with Gasteiger partial charge in [0.1, 0.15) is 6.23 Å². The van der Waals surface area contributed by atoms with Crippen molar-refractivity contribution in [3.8, 4) is 0 Å². The van der Waals surface area contributed by atoms with E-state index in [1.54, 1.807) is 0 Å². The first-order valence-electron chi connectivity index (χ1n) is 4.38. The van der Waals surface area contributed by atoms with E-state index in [4.69, 9.17) is 0 Å². The van der Waals surface area contributed by atoms with Crippen LogP contribution in [-0.4, -0.2) is 28.6 Å². The molecule has 3 heteroatoms. The van der Waals surface area contributed by atoms with Gasteiger partial charge in [0.2, 0.25) is 0 Å². The van der Waals surface area contributed by atoms with Crippen LogP contribution in [0.25, 0.3) is 0 Å². The van der Waals surface area contributed by atoms with Gasteiger partial charge in [-0.2, -0.15) is 0 Å². The molecule has 2 aliphatic rings. The second-order valence-corrected chi connectivity index (χ2v) is 3.75. The molecule has 2 fully saturated rings. The van der Waals surface area contributed by atoms with Crippen molar-refractivity contribution in [1.29, 1.82) is 0 Å². The Hall–Kier alpha value is -0.120. The maximum absolute atomic E-state index is 9.32. The van der Waals surface area contributed by atoms with E-state index in [9.17, 15) is 10.2 Å². The number of hydrogen-bond acceptors (Lipinski definition) is 3. The molecule has 4 unspecified atom stereocenters. The Bertz CT molecular complexity index is 151. The van der Waals surface area contributed by atoms with Gasteiger partial charge in [-0.15, -0.1) is 0 Å². The summed E-state index contributed by atoms with van der Waals surface area (Å²) < 4.78 is 0. The maximum Gasteiger partial charge on any atom is 0.105 e. The Labute approximate surface area is 66.4 Å². The van der Waals surface area contributed by atoms with E-state index >= 15 is 0 Å². The van der Waals surface area contributed by atoms with Crippen LogP contribution in [0, 0.1) is 5.92 Å². The molecule has 3 N–H and O–H groups in total. The molecule has 4 atom stereocenters. The van der Waals surface area contributed by atoms with Gasteiger partial charge in [-0.25, -0.2) is 0 Å². The van der Waals surface area contributed by atoms with Gasteiger partial charge in [0.05, 0.1) is 6.10 Å². The molecule has 0 radical (unpaired) electrons. The van der Waals surface area contributed by atoms with Gasteiger partial charge < -0.3 is 10.2 Å². The van der Waals surface area contributed by atoms with Crippen molar-refractivity contribution >= 4 is 0 Å². The van der Waals surface area contributed by atoms with Gasteiger partial charge in [0, 0.05) is 6.04 Å². The number of aliphatic hydroxyl groups excluding tert-OH is 2. The Morgan fingerprint density at radius 2 is 1.91 bits per heavy atom. The molecule has 1 saturated carbocycles. The van der Waals surface area contributed by atoms with E-state index in [1.165, 1.54) is 0 Å². The summed E-state index contributed by atoms with van der Waals surface area (Å²) in [7, 11) is 0. The zero-order valence-corrected chi connectivity index (χ0v) is 6.53. The molecular formula is C8H15NO2. The lowest BCUT2D eigenvalue weighted by molar-refractivity contribution is 0.0968. The van der Waals surface area contributed by atoms with Gasteiger partial charge in [-0.05, 0) is 31.6 Å². The number of rotatable bonds is 0. The number of hydrogen-bond donors (Lipinski definition) is 3. The molecule has 0 aromatic carbocycles. The molecule has 0 aromatic rings. The molecule has 0 bridgehead atoms. The van der Waals surface area contributed by atoms with Crippen molar-refractivity contribution in [1.82, 2.24) is 5.32 Å². The highest BCUT2D eigenvalue weighted by molar-refractivity contribution is 4.91. The van der Waals surface area contributed by atoms with Crippen molar-refractivity contribution in [3.05, 3.63) is 0 Å². The van der Waals surface area contributed by atoms with Crippen LogP contribution in [0.3, 0.4) is 0 Å². The second kappa shape index (κ2) is 2.73. The average Bonchev–Trinajstić information content (AvgIpc) is 2.27. The number of fused-ring (bicyclic) bond motifs is 1. The Kier molecular flexibility index (Phi) is 1.87. The summed E-state index contributed by atoms with van der Waals surface area (Å²) in [5.41, 5.74) is 0. The minimum Gasteiger partial charge on any atom is -0.393 e. The largest absolute Gasteiger partial charge is 0.393 e. The molecule has 1 aliphatic heterocycles. The van der Waals surface area contributed by atoms with Crippen molar-refractivity contribution in [2.75, 3.05) is 0 Å². The molecule has 0 aromatic heterocycles. The lowest BCUT2D eigenvalue weighted by Gasteiger charge is -2.28. The summed E-state index contributed by atoms with van der Waals surface area (Å²) in [5, 5.41) is 21.7. The summed E-state index contributed by atoms with van der Waals surface area (Å²) in [6.45, 7) is 0. The topological polar surface area (TPSA) is 52.5 Å². The van der Waals surface area contributed by atoms with Crippen LogP contribution in [-0.2, 0) is 0 Å². The average molecular weight is 157 g/mol. The Morgan fingerprint density at radius 1 is 1.09 bits per heavy atom. The van der Waals surface area contributed by atoms with Gasteiger partial charge >= 0.3 is 0 Å². The fourth-order valence-corrected chi connectivity index (χ4v) is 2.30. The van der Waals surface area contributed by atoms with E-state index < -0.39 is 0 Å². The normalized spacial score (nSPS) is 50.7. The first-order valence-corrected chi connectivity index (χ1v) is 4.38. The van der Waals surface area contributed by atoms with Crippen LogP contribution in [0.2, 0.25) is 0 Å². The Morgan fingerprint density at radius 3 is 2.73 bits per heavy atom. The zero-order valence-electron chi connectivity index (χ0n) is 6.53. The van der Waals surface area contributed by atoms with Crippen molar-refractivity contribution < 1.29 is 10.2 Å². The van der Waals surface area contributed by atoms with Crippen LogP contribution in [0.4, 0.5) is 0 Å². The number of nitrogens with one attached hydrogen (secondary N) is 1. The van der Waals surface area contributed by atoms with Crippen molar-refractivity contribution in [3.63, 3.8) is 0 Å². The standard InChI is InChI=1S/C8H15NO2/c10-6-2-1-5-3-8(11)9-7(5)4-6/h5-11H,1-4H2. The molecule has 11 heavy (non-hydrogen) atoms. The minimum absolute atomic E-state index is 0.144. The third-order valence-electron chi connectivity index (χ3n) is 2.90. The smallest absolute Gasteiger partial charge is 0.105 e. The number of aliphatic hydroxyl groups is 2. The van der Waals surface area contributed by atoms with Gasteiger partial charge in [-0.1, -0.05) is 0 Å². The van der Waals surface area contributed by atoms with Crippen LogP contribution in [0.1, 0.15) is 25.7 Å². The summed E-state index contributed by atoms with van der Waals surface area (Å²) in [4.78, 5) is 0. The van der Waals surface area contributed by atoms with E-state index in [2.05, 4.69) is 5.32 Å². The quantitative estimate of drug-likeness (QED) is 0.457. The highest BCUT2D eigenvalue weighted by Crippen LogP contribution is 2.32. The minimum atomic E-state index is -0.324. The van der Waals surface area contributed by atoms with Crippen LogP contribution >= 0.6 is 0 Å². The molecule has 2 rings (SSSR count). The summed E-state index contributed by atoms with van der Waals surface area (Å²) >= 11 is 0. The highest BCUT2D eigenvalue weighted by Gasteiger charge is 2.36. The molecule has 1 heterocycles. The highest BCUT2D eigenvalue weighted by atomic mass is 16.3.